The van der Waals surface area contributed by atoms with Crippen LogP contribution in [0.15, 0.2) is 54.7 Å². The van der Waals surface area contributed by atoms with Gasteiger partial charge in [-0.25, -0.2) is 4.79 Å². The van der Waals surface area contributed by atoms with Crippen molar-refractivity contribution >= 4 is 17.8 Å². The van der Waals surface area contributed by atoms with E-state index in [1.165, 1.54) is 0 Å². The second-order valence-corrected chi connectivity index (χ2v) is 9.55. The van der Waals surface area contributed by atoms with Gasteiger partial charge in [-0.05, 0) is 49.3 Å². The summed E-state index contributed by atoms with van der Waals surface area (Å²) >= 11 is 0. The Balaban J connectivity index is 1.62. The van der Waals surface area contributed by atoms with Crippen LogP contribution in [0.1, 0.15) is 44.4 Å². The number of hydrogen-bond acceptors (Lipinski definition) is 7. The molecule has 9 nitrogen and oxygen atoms in total. The molecular formula is C27H36N4O5. The lowest BCUT2D eigenvalue weighted by molar-refractivity contribution is -0.139. The molecule has 9 heteroatoms. The first-order chi connectivity index (χ1) is 17.3. The maximum atomic E-state index is 13.0. The molecule has 1 aromatic carbocycles. The highest BCUT2D eigenvalue weighted by Crippen LogP contribution is 2.19. The number of Topliss-reactive ketones (excluding diaryl/α,β-unsaturated/α-hetero) is 1. The van der Waals surface area contributed by atoms with Gasteiger partial charge in [0.2, 0.25) is 5.78 Å². The number of benzene rings is 1. The summed E-state index contributed by atoms with van der Waals surface area (Å²) in [6.07, 6.45) is 2.57. The Morgan fingerprint density at radius 1 is 1.08 bits per heavy atom. The second-order valence-electron chi connectivity index (χ2n) is 9.55. The number of rotatable bonds is 14. The SMILES string of the molecule is CC(C)C[C@H](NC(=O)OCCc1ccccn1)C(O)N[C@@H](Cc1ccccc1)C(=O)C(=O)NC1CC1. The number of aliphatic hydroxyl groups is 1. The molecule has 1 saturated carbocycles. The van der Waals surface area contributed by atoms with Crippen molar-refractivity contribution < 1.29 is 24.2 Å². The number of aromatic nitrogens is 1. The van der Waals surface area contributed by atoms with Crippen molar-refractivity contribution in [2.24, 2.45) is 5.92 Å². The Labute approximate surface area is 212 Å². The lowest BCUT2D eigenvalue weighted by Gasteiger charge is -2.29. The molecule has 0 bridgehead atoms. The predicted molar refractivity (Wildman–Crippen MR) is 135 cm³/mol. The van der Waals surface area contributed by atoms with Crippen molar-refractivity contribution in [3.05, 3.63) is 66.0 Å². The summed E-state index contributed by atoms with van der Waals surface area (Å²) in [7, 11) is 0. The number of pyridine rings is 1. The second kappa shape index (κ2) is 13.7. The fourth-order valence-corrected chi connectivity index (χ4v) is 3.80. The van der Waals surface area contributed by atoms with Gasteiger partial charge in [0.1, 0.15) is 6.23 Å². The Morgan fingerprint density at radius 3 is 2.44 bits per heavy atom. The largest absolute Gasteiger partial charge is 0.449 e. The van der Waals surface area contributed by atoms with E-state index in [0.717, 1.165) is 24.1 Å². The lowest BCUT2D eigenvalue weighted by atomic mass is 9.99. The third kappa shape index (κ3) is 9.39. The van der Waals surface area contributed by atoms with Crippen molar-refractivity contribution in [2.75, 3.05) is 6.61 Å². The Bertz CT molecular complexity index is 982. The molecule has 3 rings (SSSR count). The molecule has 0 spiro atoms. The minimum absolute atomic E-state index is 0.0416. The zero-order valence-corrected chi connectivity index (χ0v) is 20.9. The van der Waals surface area contributed by atoms with E-state index >= 15 is 0 Å². The Morgan fingerprint density at radius 2 is 1.81 bits per heavy atom. The van der Waals surface area contributed by atoms with Crippen molar-refractivity contribution in [2.45, 2.75) is 70.3 Å². The molecule has 1 aromatic heterocycles. The van der Waals surface area contributed by atoms with Gasteiger partial charge in [-0.1, -0.05) is 50.2 Å². The summed E-state index contributed by atoms with van der Waals surface area (Å²) in [5.74, 6) is -1.17. The third-order valence-electron chi connectivity index (χ3n) is 5.83. The minimum atomic E-state index is -1.28. The van der Waals surface area contributed by atoms with Gasteiger partial charge in [0.05, 0.1) is 18.7 Å². The normalized spacial score (nSPS) is 15.6. The van der Waals surface area contributed by atoms with Crippen LogP contribution in [0.2, 0.25) is 0 Å². The van der Waals surface area contributed by atoms with Crippen LogP contribution in [0.25, 0.3) is 0 Å². The van der Waals surface area contributed by atoms with E-state index in [1.54, 1.807) is 6.20 Å². The molecule has 0 radical (unpaired) electrons. The minimum Gasteiger partial charge on any atom is -0.449 e. The molecule has 194 valence electrons. The Kier molecular flexibility index (Phi) is 10.4. The molecule has 0 saturated heterocycles. The van der Waals surface area contributed by atoms with Crippen LogP contribution < -0.4 is 16.0 Å². The summed E-state index contributed by atoms with van der Waals surface area (Å²) in [6.45, 7) is 4.06. The fourth-order valence-electron chi connectivity index (χ4n) is 3.80. The zero-order chi connectivity index (χ0) is 25.9. The molecule has 2 amide bonds. The molecule has 1 aliphatic carbocycles. The first-order valence-electron chi connectivity index (χ1n) is 12.5. The number of nitrogens with zero attached hydrogens (tertiary/aromatic N) is 1. The molecule has 0 aliphatic heterocycles. The van der Waals surface area contributed by atoms with Crippen LogP contribution in [0.5, 0.6) is 0 Å². The first kappa shape index (κ1) is 27.3. The standard InChI is InChI=1S/C27H36N4O5/c1-18(2)16-23(31-27(35)36-15-13-20-10-6-7-14-28-20)25(33)30-22(17-19-8-4-3-5-9-19)24(32)26(34)29-21-11-12-21/h3-10,14,18,21-23,25,30,33H,11-13,15-17H2,1-2H3,(H,29,34)(H,31,35)/t22-,23-,25?/m0/s1. The summed E-state index contributed by atoms with van der Waals surface area (Å²) in [4.78, 5) is 42.1. The summed E-state index contributed by atoms with van der Waals surface area (Å²) < 4.78 is 5.29. The maximum absolute atomic E-state index is 13.0. The van der Waals surface area contributed by atoms with Crippen LogP contribution in [0.4, 0.5) is 4.79 Å². The van der Waals surface area contributed by atoms with Gasteiger partial charge >= 0.3 is 6.09 Å². The van der Waals surface area contributed by atoms with E-state index in [-0.39, 0.29) is 25.0 Å². The predicted octanol–water partition coefficient (Wildman–Crippen LogP) is 2.13. The number of amides is 2. The number of ketones is 1. The van der Waals surface area contributed by atoms with Crippen LogP contribution in [0, 0.1) is 5.92 Å². The van der Waals surface area contributed by atoms with E-state index < -0.39 is 36.1 Å². The monoisotopic (exact) mass is 496 g/mol. The average Bonchev–Trinajstić information content (AvgIpc) is 3.67. The highest BCUT2D eigenvalue weighted by Gasteiger charge is 2.33. The number of ether oxygens (including phenoxy) is 1. The van der Waals surface area contributed by atoms with Crippen LogP contribution >= 0.6 is 0 Å². The summed E-state index contributed by atoms with van der Waals surface area (Å²) in [5, 5.41) is 19.3. The molecule has 1 aliphatic rings. The summed E-state index contributed by atoms with van der Waals surface area (Å²) in [5.41, 5.74) is 1.65. The number of alkyl carbamates (subject to hydrolysis) is 1. The number of carbonyl (C=O) groups is 3. The summed E-state index contributed by atoms with van der Waals surface area (Å²) in [6, 6.07) is 13.1. The smallest absolute Gasteiger partial charge is 0.407 e. The van der Waals surface area contributed by atoms with Crippen molar-refractivity contribution in [1.29, 1.82) is 0 Å². The highest BCUT2D eigenvalue weighted by atomic mass is 16.5. The van der Waals surface area contributed by atoms with Crippen LogP contribution in [-0.4, -0.2) is 58.8 Å². The number of hydrogen-bond donors (Lipinski definition) is 4. The first-order valence-corrected chi connectivity index (χ1v) is 12.5. The van der Waals surface area contributed by atoms with E-state index in [9.17, 15) is 19.5 Å². The van der Waals surface area contributed by atoms with Crippen molar-refractivity contribution in [1.82, 2.24) is 20.9 Å². The maximum Gasteiger partial charge on any atom is 0.407 e. The number of nitrogens with one attached hydrogen (secondary N) is 3. The molecule has 4 N–H and O–H groups in total. The number of aliphatic hydroxyl groups excluding tert-OH is 1. The molecule has 1 heterocycles. The van der Waals surface area contributed by atoms with E-state index in [0.29, 0.717) is 12.8 Å². The van der Waals surface area contributed by atoms with Crippen LogP contribution in [-0.2, 0) is 27.2 Å². The van der Waals surface area contributed by atoms with Gasteiger partial charge in [-0.15, -0.1) is 0 Å². The quantitative estimate of drug-likeness (QED) is 0.233. The van der Waals surface area contributed by atoms with Gasteiger partial charge in [0, 0.05) is 24.4 Å². The molecule has 3 atom stereocenters. The Hall–Kier alpha value is -3.30. The van der Waals surface area contributed by atoms with E-state index in [1.807, 2.05) is 62.4 Å². The average molecular weight is 497 g/mol. The molecule has 2 aromatic rings. The topological polar surface area (TPSA) is 130 Å². The molecule has 36 heavy (non-hydrogen) atoms. The van der Waals surface area contributed by atoms with E-state index in [2.05, 4.69) is 20.9 Å². The van der Waals surface area contributed by atoms with Gasteiger partial charge < -0.3 is 20.5 Å². The lowest BCUT2D eigenvalue weighted by Crippen LogP contribution is -2.57. The number of carbonyl (C=O) groups excluding carboxylic acids is 3. The van der Waals surface area contributed by atoms with Gasteiger partial charge in [0.15, 0.2) is 0 Å². The molecular weight excluding hydrogens is 460 g/mol. The molecule has 1 fully saturated rings. The van der Waals surface area contributed by atoms with Gasteiger partial charge in [-0.3, -0.25) is 19.9 Å². The molecule has 1 unspecified atom stereocenters. The van der Waals surface area contributed by atoms with Crippen molar-refractivity contribution in [3.63, 3.8) is 0 Å². The van der Waals surface area contributed by atoms with Gasteiger partial charge in [-0.2, -0.15) is 0 Å². The zero-order valence-electron chi connectivity index (χ0n) is 20.9. The fraction of sp³-hybridized carbons (Fsp3) is 0.481. The van der Waals surface area contributed by atoms with Crippen LogP contribution in [0.3, 0.4) is 0 Å². The van der Waals surface area contributed by atoms with Crippen molar-refractivity contribution in [3.8, 4) is 0 Å². The van der Waals surface area contributed by atoms with Gasteiger partial charge in [0.25, 0.3) is 5.91 Å². The highest BCUT2D eigenvalue weighted by molar-refractivity contribution is 6.38. The third-order valence-corrected chi connectivity index (χ3v) is 5.83. The van der Waals surface area contributed by atoms with E-state index in [4.69, 9.17) is 4.74 Å².